The SMILES string of the molecule is CCOC(=O)C1CC2(C)CCCC(C)(C)N2O1. The maximum Gasteiger partial charge on any atom is 0.337 e. The second kappa shape index (κ2) is 4.25. The number of hydrogen-bond acceptors (Lipinski definition) is 4. The monoisotopic (exact) mass is 241 g/mol. The largest absolute Gasteiger partial charge is 0.464 e. The number of piperidine rings is 1. The third kappa shape index (κ3) is 2.20. The first-order valence-corrected chi connectivity index (χ1v) is 6.53. The van der Waals surface area contributed by atoms with Crippen LogP contribution in [0.15, 0.2) is 0 Å². The Kier molecular flexibility index (Phi) is 3.21. The molecule has 0 bridgehead atoms. The van der Waals surface area contributed by atoms with Crippen molar-refractivity contribution >= 4 is 5.97 Å². The fourth-order valence-electron chi connectivity index (χ4n) is 3.22. The molecule has 0 spiro atoms. The molecule has 0 radical (unpaired) electrons. The van der Waals surface area contributed by atoms with Crippen LogP contribution in [-0.2, 0) is 14.4 Å². The number of rotatable bonds is 2. The molecule has 4 nitrogen and oxygen atoms in total. The molecule has 0 N–H and O–H groups in total. The van der Waals surface area contributed by atoms with Crippen LogP contribution in [0.1, 0.15) is 53.4 Å². The molecule has 2 heterocycles. The number of hydroxylamine groups is 2. The summed E-state index contributed by atoms with van der Waals surface area (Å²) < 4.78 is 5.05. The van der Waals surface area contributed by atoms with Crippen molar-refractivity contribution in [1.82, 2.24) is 5.06 Å². The molecule has 0 aromatic rings. The predicted octanol–water partition coefficient (Wildman–Crippen LogP) is 2.28. The molecular weight excluding hydrogens is 218 g/mol. The highest BCUT2D eigenvalue weighted by molar-refractivity contribution is 5.75. The lowest BCUT2D eigenvalue weighted by Gasteiger charge is -2.48. The van der Waals surface area contributed by atoms with Crippen LogP contribution in [0.2, 0.25) is 0 Å². The van der Waals surface area contributed by atoms with Gasteiger partial charge in [0.2, 0.25) is 0 Å². The summed E-state index contributed by atoms with van der Waals surface area (Å²) in [5, 5.41) is 2.05. The van der Waals surface area contributed by atoms with Crippen molar-refractivity contribution in [3.8, 4) is 0 Å². The minimum absolute atomic E-state index is 0.00818. The second-order valence-corrected chi connectivity index (χ2v) is 6.01. The summed E-state index contributed by atoms with van der Waals surface area (Å²) in [5.41, 5.74) is -0.00653. The molecule has 0 aromatic carbocycles. The molecule has 2 unspecified atom stereocenters. The smallest absolute Gasteiger partial charge is 0.337 e. The molecule has 0 aliphatic carbocycles. The standard InChI is InChI=1S/C13H23NO3/c1-5-16-11(15)10-9-13(4)8-6-7-12(2,3)14(13)17-10/h10H,5-9H2,1-4H3. The average Bonchev–Trinajstić information content (AvgIpc) is 2.57. The molecule has 98 valence electrons. The third-order valence-corrected chi connectivity index (χ3v) is 3.95. The van der Waals surface area contributed by atoms with E-state index in [1.54, 1.807) is 0 Å². The van der Waals surface area contributed by atoms with E-state index < -0.39 is 6.10 Å². The molecule has 2 atom stereocenters. The topological polar surface area (TPSA) is 38.8 Å². The Hall–Kier alpha value is -0.610. The predicted molar refractivity (Wildman–Crippen MR) is 64.3 cm³/mol. The molecule has 2 fully saturated rings. The van der Waals surface area contributed by atoms with Gasteiger partial charge in [-0.3, -0.25) is 4.84 Å². The van der Waals surface area contributed by atoms with Gasteiger partial charge in [-0.2, -0.15) is 5.06 Å². The van der Waals surface area contributed by atoms with Crippen LogP contribution in [0.25, 0.3) is 0 Å². The van der Waals surface area contributed by atoms with E-state index in [1.165, 1.54) is 6.42 Å². The summed E-state index contributed by atoms with van der Waals surface area (Å²) in [6.07, 6.45) is 3.72. The molecule has 0 saturated carbocycles. The van der Waals surface area contributed by atoms with Gasteiger partial charge >= 0.3 is 5.97 Å². The lowest BCUT2D eigenvalue weighted by Crippen LogP contribution is -2.55. The fraction of sp³-hybridized carbons (Fsp3) is 0.923. The first kappa shape index (κ1) is 12.8. The first-order valence-electron chi connectivity index (χ1n) is 6.53. The third-order valence-electron chi connectivity index (χ3n) is 3.95. The van der Waals surface area contributed by atoms with Crippen molar-refractivity contribution in [3.63, 3.8) is 0 Å². The van der Waals surface area contributed by atoms with Crippen molar-refractivity contribution in [1.29, 1.82) is 0 Å². The first-order chi connectivity index (χ1) is 7.89. The lowest BCUT2D eigenvalue weighted by molar-refractivity contribution is -0.253. The highest BCUT2D eigenvalue weighted by Crippen LogP contribution is 2.46. The average molecular weight is 241 g/mol. The number of hydrogen-bond donors (Lipinski definition) is 0. The van der Waals surface area contributed by atoms with Crippen LogP contribution in [0.4, 0.5) is 0 Å². The van der Waals surface area contributed by atoms with Crippen molar-refractivity contribution in [3.05, 3.63) is 0 Å². The van der Waals surface area contributed by atoms with E-state index in [1.807, 2.05) is 12.0 Å². The Morgan fingerprint density at radius 2 is 2.12 bits per heavy atom. The zero-order valence-corrected chi connectivity index (χ0v) is 11.3. The van der Waals surface area contributed by atoms with Crippen LogP contribution in [0.3, 0.4) is 0 Å². The summed E-state index contributed by atoms with van der Waals surface area (Å²) in [5.74, 6) is -0.223. The van der Waals surface area contributed by atoms with Crippen molar-refractivity contribution in [2.45, 2.75) is 70.6 Å². The van der Waals surface area contributed by atoms with Gasteiger partial charge in [0.15, 0.2) is 6.10 Å². The molecule has 2 aliphatic heterocycles. The molecular formula is C13H23NO3. The van der Waals surface area contributed by atoms with E-state index in [2.05, 4.69) is 20.8 Å². The number of carbonyl (C=O) groups is 1. The van der Waals surface area contributed by atoms with Gasteiger partial charge in [0.05, 0.1) is 6.61 Å². The number of ether oxygens (including phenoxy) is 1. The van der Waals surface area contributed by atoms with Crippen molar-refractivity contribution in [2.75, 3.05) is 6.61 Å². The highest BCUT2D eigenvalue weighted by Gasteiger charge is 2.54. The fourth-order valence-corrected chi connectivity index (χ4v) is 3.22. The van der Waals surface area contributed by atoms with Crippen LogP contribution in [0.5, 0.6) is 0 Å². The maximum atomic E-state index is 11.8. The van der Waals surface area contributed by atoms with Crippen LogP contribution in [0, 0.1) is 0 Å². The molecule has 17 heavy (non-hydrogen) atoms. The van der Waals surface area contributed by atoms with Gasteiger partial charge in [-0.05, 0) is 47.0 Å². The van der Waals surface area contributed by atoms with Crippen LogP contribution >= 0.6 is 0 Å². The summed E-state index contributed by atoms with van der Waals surface area (Å²) in [6.45, 7) is 8.79. The molecule has 2 saturated heterocycles. The number of fused-ring (bicyclic) bond motifs is 1. The van der Waals surface area contributed by atoms with E-state index in [-0.39, 0.29) is 17.0 Å². The summed E-state index contributed by atoms with van der Waals surface area (Å²) >= 11 is 0. The molecule has 0 aromatic heterocycles. The van der Waals surface area contributed by atoms with Gasteiger partial charge < -0.3 is 4.74 Å². The Bertz CT molecular complexity index is 316. The Labute approximate surface area is 103 Å². The van der Waals surface area contributed by atoms with E-state index in [9.17, 15) is 4.79 Å². The van der Waals surface area contributed by atoms with Crippen LogP contribution in [-0.4, -0.2) is 34.8 Å². The van der Waals surface area contributed by atoms with E-state index >= 15 is 0 Å². The zero-order chi connectivity index (χ0) is 12.7. The minimum atomic E-state index is -0.419. The Morgan fingerprint density at radius 1 is 1.41 bits per heavy atom. The van der Waals surface area contributed by atoms with Gasteiger partial charge in [-0.1, -0.05) is 0 Å². The van der Waals surface area contributed by atoms with Gasteiger partial charge in [0.1, 0.15) is 0 Å². The number of esters is 1. The van der Waals surface area contributed by atoms with E-state index in [4.69, 9.17) is 9.57 Å². The van der Waals surface area contributed by atoms with Gasteiger partial charge in [0.25, 0.3) is 0 Å². The second-order valence-electron chi connectivity index (χ2n) is 6.01. The minimum Gasteiger partial charge on any atom is -0.464 e. The quantitative estimate of drug-likeness (QED) is 0.695. The zero-order valence-electron chi connectivity index (χ0n) is 11.3. The summed E-state index contributed by atoms with van der Waals surface area (Å²) in [7, 11) is 0. The summed E-state index contributed by atoms with van der Waals surface area (Å²) in [4.78, 5) is 17.6. The van der Waals surface area contributed by atoms with Gasteiger partial charge in [-0.15, -0.1) is 0 Å². The van der Waals surface area contributed by atoms with E-state index in [0.29, 0.717) is 6.61 Å². The van der Waals surface area contributed by atoms with Gasteiger partial charge in [0, 0.05) is 17.5 Å². The lowest BCUT2D eigenvalue weighted by atomic mass is 9.79. The molecule has 4 heteroatoms. The normalized spacial score (nSPS) is 36.6. The van der Waals surface area contributed by atoms with Crippen molar-refractivity contribution in [2.24, 2.45) is 0 Å². The molecule has 0 amide bonds. The molecule has 2 rings (SSSR count). The maximum absolute atomic E-state index is 11.8. The van der Waals surface area contributed by atoms with E-state index in [0.717, 1.165) is 19.3 Å². The highest BCUT2D eigenvalue weighted by atomic mass is 16.7. The number of nitrogens with zero attached hydrogens (tertiary/aromatic N) is 1. The van der Waals surface area contributed by atoms with Gasteiger partial charge in [-0.25, -0.2) is 4.79 Å². The summed E-state index contributed by atoms with van der Waals surface area (Å²) in [6, 6.07) is 0. The van der Waals surface area contributed by atoms with Crippen molar-refractivity contribution < 1.29 is 14.4 Å². The van der Waals surface area contributed by atoms with Crippen LogP contribution < -0.4 is 0 Å². The Morgan fingerprint density at radius 3 is 2.71 bits per heavy atom. The number of carbonyl (C=O) groups excluding carboxylic acids is 1. The molecule has 2 aliphatic rings. The Balaban J connectivity index is 2.13.